The number of aliphatic hydroxyl groups is 2. The Kier molecular flexibility index (Phi) is 5.95. The standard InChI is InChI=1S/C27H48O2/c1-18(2)8-6-9-19(3)21-12-13-22-25(21,4)16-15-23-26(5)20(10-7-11-24(26)28)14-17-27(22,23)29/h18-24,28-29H,6-17H2,1-5H3/t19-,20?,21-,22-,23-,24?,25-,26+,27-/m1/s1. The van der Waals surface area contributed by atoms with E-state index in [-0.39, 0.29) is 11.5 Å². The van der Waals surface area contributed by atoms with Crippen LogP contribution in [0.2, 0.25) is 0 Å². The second kappa shape index (κ2) is 7.80. The molecule has 2 heteroatoms. The Balaban J connectivity index is 1.54. The average molecular weight is 405 g/mol. The van der Waals surface area contributed by atoms with E-state index in [1.165, 1.54) is 51.4 Å². The lowest BCUT2D eigenvalue weighted by molar-refractivity contribution is -0.245. The lowest BCUT2D eigenvalue weighted by Crippen LogP contribution is -2.66. The van der Waals surface area contributed by atoms with Gasteiger partial charge in [0.1, 0.15) is 0 Å². The number of fused-ring (bicyclic) bond motifs is 5. The fourth-order valence-corrected chi connectivity index (χ4v) is 9.40. The summed E-state index contributed by atoms with van der Waals surface area (Å²) in [5.41, 5.74) is -0.304. The third kappa shape index (κ3) is 3.34. The fraction of sp³-hybridized carbons (Fsp3) is 1.00. The van der Waals surface area contributed by atoms with Crippen LogP contribution >= 0.6 is 0 Å². The van der Waals surface area contributed by atoms with Gasteiger partial charge < -0.3 is 10.2 Å². The van der Waals surface area contributed by atoms with E-state index in [1.807, 2.05) is 0 Å². The predicted octanol–water partition coefficient (Wildman–Crippen LogP) is 6.58. The van der Waals surface area contributed by atoms with Crippen molar-refractivity contribution in [2.75, 3.05) is 0 Å². The zero-order valence-electron chi connectivity index (χ0n) is 19.9. The Morgan fingerprint density at radius 3 is 2.34 bits per heavy atom. The molecule has 168 valence electrons. The second-order valence-corrected chi connectivity index (χ2v) is 12.7. The molecule has 2 unspecified atom stereocenters. The van der Waals surface area contributed by atoms with Gasteiger partial charge in [0.05, 0.1) is 11.7 Å². The summed E-state index contributed by atoms with van der Waals surface area (Å²) >= 11 is 0. The van der Waals surface area contributed by atoms with Crippen molar-refractivity contribution < 1.29 is 10.2 Å². The minimum absolute atomic E-state index is 0.0620. The van der Waals surface area contributed by atoms with Gasteiger partial charge in [-0.3, -0.25) is 0 Å². The molecule has 4 saturated carbocycles. The molecule has 0 amide bonds. The molecule has 4 aliphatic rings. The molecule has 0 aromatic rings. The van der Waals surface area contributed by atoms with Crippen molar-refractivity contribution in [2.24, 2.45) is 46.3 Å². The first-order chi connectivity index (χ1) is 13.6. The molecule has 0 heterocycles. The van der Waals surface area contributed by atoms with E-state index < -0.39 is 5.60 Å². The normalized spacial score (nSPS) is 50.7. The van der Waals surface area contributed by atoms with Gasteiger partial charge in [0.25, 0.3) is 0 Å². The molecule has 0 bridgehead atoms. The van der Waals surface area contributed by atoms with Crippen molar-refractivity contribution in [1.29, 1.82) is 0 Å². The molecule has 0 aliphatic heterocycles. The molecule has 2 nitrogen and oxygen atoms in total. The number of hydrogen-bond donors (Lipinski definition) is 2. The van der Waals surface area contributed by atoms with E-state index in [0.29, 0.717) is 23.2 Å². The van der Waals surface area contributed by atoms with E-state index in [1.54, 1.807) is 0 Å². The quantitative estimate of drug-likeness (QED) is 0.543. The summed E-state index contributed by atoms with van der Waals surface area (Å²) in [6.45, 7) is 12.1. The summed E-state index contributed by atoms with van der Waals surface area (Å²) in [7, 11) is 0. The first-order valence-electron chi connectivity index (χ1n) is 13.0. The maximum Gasteiger partial charge on any atom is 0.0715 e. The third-order valence-corrected chi connectivity index (χ3v) is 11.0. The summed E-state index contributed by atoms with van der Waals surface area (Å²) in [6, 6.07) is 0. The van der Waals surface area contributed by atoms with Gasteiger partial charge in [-0.2, -0.15) is 0 Å². The molecular weight excluding hydrogens is 356 g/mol. The smallest absolute Gasteiger partial charge is 0.0715 e. The molecule has 0 spiro atoms. The van der Waals surface area contributed by atoms with Crippen molar-refractivity contribution >= 4 is 0 Å². The van der Waals surface area contributed by atoms with Gasteiger partial charge >= 0.3 is 0 Å². The van der Waals surface area contributed by atoms with Crippen LogP contribution in [0.3, 0.4) is 0 Å². The number of rotatable bonds is 5. The highest BCUT2D eigenvalue weighted by Crippen LogP contribution is 2.69. The Labute approximate surface area is 180 Å². The monoisotopic (exact) mass is 404 g/mol. The van der Waals surface area contributed by atoms with Gasteiger partial charge in [0.2, 0.25) is 0 Å². The molecule has 4 rings (SSSR count). The highest BCUT2D eigenvalue weighted by Gasteiger charge is 2.67. The van der Waals surface area contributed by atoms with Crippen LogP contribution in [-0.4, -0.2) is 21.9 Å². The largest absolute Gasteiger partial charge is 0.393 e. The van der Waals surface area contributed by atoms with Crippen molar-refractivity contribution in [2.45, 2.75) is 123 Å². The van der Waals surface area contributed by atoms with Gasteiger partial charge in [-0.1, -0.05) is 60.3 Å². The Hall–Kier alpha value is -0.0800. The number of hydrogen-bond acceptors (Lipinski definition) is 2. The first-order valence-corrected chi connectivity index (χ1v) is 13.0. The highest BCUT2D eigenvalue weighted by atomic mass is 16.3. The molecule has 4 aliphatic carbocycles. The van der Waals surface area contributed by atoms with Crippen LogP contribution in [0.1, 0.15) is 112 Å². The molecule has 29 heavy (non-hydrogen) atoms. The molecule has 0 radical (unpaired) electrons. The number of aliphatic hydroxyl groups excluding tert-OH is 1. The van der Waals surface area contributed by atoms with E-state index in [9.17, 15) is 10.2 Å². The highest BCUT2D eigenvalue weighted by molar-refractivity contribution is 5.17. The SMILES string of the molecule is CC(C)CCC[C@@H](C)[C@H]1CC[C@@H]2[C@]1(C)CC[C@@H]1[C@@]3(C)C(O)CCCC3CC[C@]12O. The summed E-state index contributed by atoms with van der Waals surface area (Å²) in [5, 5.41) is 23.4. The lowest BCUT2D eigenvalue weighted by atomic mass is 9.42. The van der Waals surface area contributed by atoms with Crippen LogP contribution in [0.25, 0.3) is 0 Å². The van der Waals surface area contributed by atoms with Gasteiger partial charge in [0, 0.05) is 5.41 Å². The maximum atomic E-state index is 12.3. The molecule has 0 saturated heterocycles. The zero-order valence-corrected chi connectivity index (χ0v) is 19.9. The van der Waals surface area contributed by atoms with Crippen molar-refractivity contribution in [1.82, 2.24) is 0 Å². The molecular formula is C27H48O2. The second-order valence-electron chi connectivity index (χ2n) is 12.7. The average Bonchev–Trinajstić information content (AvgIpc) is 3.01. The topological polar surface area (TPSA) is 40.5 Å². The lowest BCUT2D eigenvalue weighted by Gasteiger charge is -2.65. The maximum absolute atomic E-state index is 12.3. The molecule has 0 aromatic heterocycles. The minimum Gasteiger partial charge on any atom is -0.393 e. The van der Waals surface area contributed by atoms with Crippen molar-refractivity contribution in [3.8, 4) is 0 Å². The van der Waals surface area contributed by atoms with Crippen LogP contribution in [0, 0.1) is 46.3 Å². The third-order valence-electron chi connectivity index (χ3n) is 11.0. The van der Waals surface area contributed by atoms with Crippen LogP contribution in [-0.2, 0) is 0 Å². The Morgan fingerprint density at radius 2 is 1.62 bits per heavy atom. The molecule has 4 fully saturated rings. The summed E-state index contributed by atoms with van der Waals surface area (Å²) in [5.74, 6) is 3.72. The summed E-state index contributed by atoms with van der Waals surface area (Å²) in [6.07, 6.45) is 14.2. The van der Waals surface area contributed by atoms with Gasteiger partial charge in [-0.15, -0.1) is 0 Å². The van der Waals surface area contributed by atoms with E-state index in [0.717, 1.165) is 43.4 Å². The fourth-order valence-electron chi connectivity index (χ4n) is 9.40. The Morgan fingerprint density at radius 1 is 0.862 bits per heavy atom. The molecule has 9 atom stereocenters. The zero-order chi connectivity index (χ0) is 21.0. The van der Waals surface area contributed by atoms with Gasteiger partial charge in [-0.25, -0.2) is 0 Å². The van der Waals surface area contributed by atoms with Crippen LogP contribution in [0.15, 0.2) is 0 Å². The summed E-state index contributed by atoms with van der Waals surface area (Å²) < 4.78 is 0. The predicted molar refractivity (Wildman–Crippen MR) is 121 cm³/mol. The molecule has 2 N–H and O–H groups in total. The van der Waals surface area contributed by atoms with E-state index in [4.69, 9.17) is 0 Å². The Bertz CT molecular complexity index is 587. The van der Waals surface area contributed by atoms with E-state index in [2.05, 4.69) is 34.6 Å². The summed E-state index contributed by atoms with van der Waals surface area (Å²) in [4.78, 5) is 0. The van der Waals surface area contributed by atoms with Crippen molar-refractivity contribution in [3.63, 3.8) is 0 Å². The first kappa shape index (κ1) is 22.1. The van der Waals surface area contributed by atoms with Crippen molar-refractivity contribution in [3.05, 3.63) is 0 Å². The van der Waals surface area contributed by atoms with E-state index >= 15 is 0 Å². The molecule has 0 aromatic carbocycles. The van der Waals surface area contributed by atoms with Crippen LogP contribution in [0.5, 0.6) is 0 Å². The van der Waals surface area contributed by atoms with Gasteiger partial charge in [0.15, 0.2) is 0 Å². The van der Waals surface area contributed by atoms with Crippen LogP contribution in [0.4, 0.5) is 0 Å². The minimum atomic E-state index is -0.539. The van der Waals surface area contributed by atoms with Crippen LogP contribution < -0.4 is 0 Å². The van der Waals surface area contributed by atoms with Gasteiger partial charge in [-0.05, 0) is 92.3 Å².